The van der Waals surface area contributed by atoms with Crippen LogP contribution in [0.15, 0.2) is 29.4 Å². The van der Waals surface area contributed by atoms with Crippen LogP contribution >= 0.6 is 23.4 Å². The van der Waals surface area contributed by atoms with Gasteiger partial charge in [-0.25, -0.2) is 4.79 Å². The standard InChI is InChI=1S/C12H11ClN6O2S/c13-8-2-1-3-9(6-8)19-12(15-16-17-19)22-7-10(20)18-5-4-14-11(18)21/h1-3,6H,4-5,7H2,(H,14,21). The molecule has 1 aromatic heterocycles. The summed E-state index contributed by atoms with van der Waals surface area (Å²) in [7, 11) is 0. The molecule has 114 valence electrons. The maximum atomic E-state index is 12.0. The number of rotatable bonds is 4. The smallest absolute Gasteiger partial charge is 0.324 e. The normalized spacial score (nSPS) is 14.2. The second kappa shape index (κ2) is 6.32. The van der Waals surface area contributed by atoms with E-state index >= 15 is 0 Å². The van der Waals surface area contributed by atoms with E-state index in [1.54, 1.807) is 18.2 Å². The van der Waals surface area contributed by atoms with Gasteiger partial charge in [0.15, 0.2) is 0 Å². The van der Waals surface area contributed by atoms with Gasteiger partial charge in [0.1, 0.15) is 0 Å². The molecule has 1 aromatic carbocycles. The number of thioether (sulfide) groups is 1. The van der Waals surface area contributed by atoms with Gasteiger partial charge in [-0.2, -0.15) is 4.68 Å². The maximum Gasteiger partial charge on any atom is 0.324 e. The number of hydrogen-bond acceptors (Lipinski definition) is 6. The van der Waals surface area contributed by atoms with Crippen LogP contribution in [0.3, 0.4) is 0 Å². The molecule has 1 saturated heterocycles. The van der Waals surface area contributed by atoms with Gasteiger partial charge in [-0.05, 0) is 28.6 Å². The number of aromatic nitrogens is 4. The van der Waals surface area contributed by atoms with Gasteiger partial charge in [-0.15, -0.1) is 5.10 Å². The number of carbonyl (C=O) groups excluding carboxylic acids is 2. The molecule has 0 saturated carbocycles. The highest BCUT2D eigenvalue weighted by Gasteiger charge is 2.26. The van der Waals surface area contributed by atoms with Gasteiger partial charge in [0, 0.05) is 18.1 Å². The lowest BCUT2D eigenvalue weighted by Crippen LogP contribution is -2.35. The highest BCUT2D eigenvalue weighted by atomic mass is 35.5. The van der Waals surface area contributed by atoms with E-state index in [1.807, 2.05) is 6.07 Å². The van der Waals surface area contributed by atoms with Gasteiger partial charge in [0.2, 0.25) is 11.1 Å². The topological polar surface area (TPSA) is 93.0 Å². The molecule has 2 heterocycles. The monoisotopic (exact) mass is 338 g/mol. The molecule has 22 heavy (non-hydrogen) atoms. The summed E-state index contributed by atoms with van der Waals surface area (Å²) in [5, 5.41) is 15.0. The lowest BCUT2D eigenvalue weighted by molar-refractivity contribution is -0.124. The van der Waals surface area contributed by atoms with E-state index in [-0.39, 0.29) is 17.7 Å². The Balaban J connectivity index is 1.70. The fourth-order valence-electron chi connectivity index (χ4n) is 1.95. The molecule has 3 rings (SSSR count). The average Bonchev–Trinajstić information content (AvgIpc) is 3.13. The number of carbonyl (C=O) groups is 2. The van der Waals surface area contributed by atoms with Crippen molar-refractivity contribution in [3.8, 4) is 5.69 Å². The van der Waals surface area contributed by atoms with Gasteiger partial charge in [0.25, 0.3) is 0 Å². The van der Waals surface area contributed by atoms with Crippen LogP contribution in [0.25, 0.3) is 5.69 Å². The third-order valence-corrected chi connectivity index (χ3v) is 4.12. The molecule has 3 amide bonds. The zero-order valence-corrected chi connectivity index (χ0v) is 12.8. The Hall–Kier alpha value is -2.13. The van der Waals surface area contributed by atoms with Crippen molar-refractivity contribution in [2.75, 3.05) is 18.8 Å². The Morgan fingerprint density at radius 1 is 1.45 bits per heavy atom. The second-order valence-electron chi connectivity index (χ2n) is 4.42. The average molecular weight is 339 g/mol. The highest BCUT2D eigenvalue weighted by molar-refractivity contribution is 7.99. The molecule has 0 unspecified atom stereocenters. The number of amides is 3. The molecule has 10 heteroatoms. The van der Waals surface area contributed by atoms with Crippen LogP contribution < -0.4 is 5.32 Å². The number of nitrogens with zero attached hydrogens (tertiary/aromatic N) is 5. The van der Waals surface area contributed by atoms with Crippen molar-refractivity contribution in [1.29, 1.82) is 0 Å². The Bertz CT molecular complexity index is 721. The Morgan fingerprint density at radius 2 is 2.32 bits per heavy atom. The van der Waals surface area contributed by atoms with Crippen molar-refractivity contribution in [3.63, 3.8) is 0 Å². The lowest BCUT2D eigenvalue weighted by Gasteiger charge is -2.11. The number of urea groups is 1. The van der Waals surface area contributed by atoms with E-state index in [4.69, 9.17) is 11.6 Å². The largest absolute Gasteiger partial charge is 0.336 e. The molecule has 2 aromatic rings. The van der Waals surface area contributed by atoms with Crippen molar-refractivity contribution >= 4 is 35.3 Å². The van der Waals surface area contributed by atoms with Crippen LogP contribution in [0.5, 0.6) is 0 Å². The number of imide groups is 1. The Kier molecular flexibility index (Phi) is 4.25. The predicted octanol–water partition coefficient (Wildman–Crippen LogP) is 0.960. The van der Waals surface area contributed by atoms with Crippen LogP contribution in [0.2, 0.25) is 5.02 Å². The summed E-state index contributed by atoms with van der Waals surface area (Å²) in [5.41, 5.74) is 0.700. The fraction of sp³-hybridized carbons (Fsp3) is 0.250. The quantitative estimate of drug-likeness (QED) is 0.835. The summed E-state index contributed by atoms with van der Waals surface area (Å²) in [4.78, 5) is 24.6. The van der Waals surface area contributed by atoms with Crippen LogP contribution in [0.4, 0.5) is 4.79 Å². The number of hydrogen-bond donors (Lipinski definition) is 1. The van der Waals surface area contributed by atoms with Crippen molar-refractivity contribution < 1.29 is 9.59 Å². The molecule has 0 bridgehead atoms. The van der Waals surface area contributed by atoms with E-state index in [9.17, 15) is 9.59 Å². The summed E-state index contributed by atoms with van der Waals surface area (Å²) in [6.45, 7) is 0.868. The first kappa shape index (κ1) is 14.8. The minimum absolute atomic E-state index is 0.0777. The summed E-state index contributed by atoms with van der Waals surface area (Å²) in [5.74, 6) is -0.199. The van der Waals surface area contributed by atoms with Crippen LogP contribution in [0.1, 0.15) is 0 Å². The molecule has 1 aliphatic rings. The van der Waals surface area contributed by atoms with E-state index < -0.39 is 0 Å². The molecule has 1 N–H and O–H groups in total. The van der Waals surface area contributed by atoms with Gasteiger partial charge >= 0.3 is 6.03 Å². The SMILES string of the molecule is O=C(CSc1nnnn1-c1cccc(Cl)c1)N1CCNC1=O. The summed E-state index contributed by atoms with van der Waals surface area (Å²) in [6.07, 6.45) is 0. The predicted molar refractivity (Wildman–Crippen MR) is 80.0 cm³/mol. The summed E-state index contributed by atoms with van der Waals surface area (Å²) >= 11 is 7.11. The van der Waals surface area contributed by atoms with Crippen LogP contribution in [-0.4, -0.2) is 55.9 Å². The van der Waals surface area contributed by atoms with Gasteiger partial charge in [-0.3, -0.25) is 9.69 Å². The minimum atomic E-state index is -0.361. The van der Waals surface area contributed by atoms with Crippen LogP contribution in [-0.2, 0) is 4.79 Å². The fourth-order valence-corrected chi connectivity index (χ4v) is 2.90. The Morgan fingerprint density at radius 3 is 3.05 bits per heavy atom. The summed E-state index contributed by atoms with van der Waals surface area (Å²) < 4.78 is 1.49. The van der Waals surface area contributed by atoms with Crippen molar-refractivity contribution in [1.82, 2.24) is 30.4 Å². The molecular weight excluding hydrogens is 328 g/mol. The van der Waals surface area contributed by atoms with Crippen molar-refractivity contribution in [3.05, 3.63) is 29.3 Å². The van der Waals surface area contributed by atoms with Crippen molar-refractivity contribution in [2.24, 2.45) is 0 Å². The zero-order chi connectivity index (χ0) is 15.5. The molecule has 0 atom stereocenters. The molecule has 1 fully saturated rings. The third-order valence-electron chi connectivity index (χ3n) is 2.98. The van der Waals surface area contributed by atoms with Crippen molar-refractivity contribution in [2.45, 2.75) is 5.16 Å². The first-order valence-electron chi connectivity index (χ1n) is 6.40. The van der Waals surface area contributed by atoms with E-state index in [2.05, 4.69) is 20.8 Å². The van der Waals surface area contributed by atoms with Gasteiger partial charge < -0.3 is 5.32 Å². The number of tetrazole rings is 1. The molecule has 1 aliphatic heterocycles. The van der Waals surface area contributed by atoms with Gasteiger partial charge in [-0.1, -0.05) is 29.4 Å². The highest BCUT2D eigenvalue weighted by Crippen LogP contribution is 2.20. The third kappa shape index (κ3) is 3.04. The number of benzene rings is 1. The molecule has 0 spiro atoms. The van der Waals surface area contributed by atoms with Crippen LogP contribution in [0, 0.1) is 0 Å². The molecule has 8 nitrogen and oxygen atoms in total. The number of nitrogens with one attached hydrogen (secondary N) is 1. The van der Waals surface area contributed by atoms with E-state index in [1.165, 1.54) is 9.58 Å². The second-order valence-corrected chi connectivity index (χ2v) is 5.80. The number of halogens is 1. The first-order valence-corrected chi connectivity index (χ1v) is 7.77. The zero-order valence-electron chi connectivity index (χ0n) is 11.3. The van der Waals surface area contributed by atoms with Gasteiger partial charge in [0.05, 0.1) is 11.4 Å². The first-order chi connectivity index (χ1) is 10.6. The lowest BCUT2D eigenvalue weighted by atomic mass is 10.3. The minimum Gasteiger partial charge on any atom is -0.336 e. The van der Waals surface area contributed by atoms with E-state index in [0.717, 1.165) is 11.8 Å². The molecule has 0 aliphatic carbocycles. The molecular formula is C12H11ClN6O2S. The van der Waals surface area contributed by atoms with E-state index in [0.29, 0.717) is 29.0 Å². The molecule has 0 radical (unpaired) electrons. The Labute approximate surface area is 134 Å². The maximum absolute atomic E-state index is 12.0. The summed E-state index contributed by atoms with van der Waals surface area (Å²) in [6, 6.07) is 6.70.